The van der Waals surface area contributed by atoms with Crippen LogP contribution < -0.4 is 5.32 Å². The Morgan fingerprint density at radius 3 is 2.03 bits per heavy atom. The van der Waals surface area contributed by atoms with Gasteiger partial charge < -0.3 is 29.0 Å². The van der Waals surface area contributed by atoms with Crippen LogP contribution in [0.5, 0.6) is 0 Å². The molecule has 0 bridgehead atoms. The molecule has 0 spiro atoms. The lowest BCUT2D eigenvalue weighted by Gasteiger charge is -2.44. The lowest BCUT2D eigenvalue weighted by Crippen LogP contribution is -2.66. The quantitative estimate of drug-likeness (QED) is 0.313. The van der Waals surface area contributed by atoms with Gasteiger partial charge in [0, 0.05) is 34.3 Å². The van der Waals surface area contributed by atoms with Crippen LogP contribution in [0.4, 0.5) is 0 Å². The van der Waals surface area contributed by atoms with E-state index in [0.29, 0.717) is 6.61 Å². The molecule has 166 valence electrons. The molecule has 5 atom stereocenters. The van der Waals surface area contributed by atoms with Gasteiger partial charge in [-0.1, -0.05) is 19.8 Å². The third kappa shape index (κ3) is 8.78. The maximum absolute atomic E-state index is 11.8. The molecular weight excluding hydrogens is 386 g/mol. The summed E-state index contributed by atoms with van der Waals surface area (Å²) in [6, 6.07) is -0.920. The number of carbonyl (C=O) groups is 4. The molecule has 1 aliphatic rings. The Labute approximate surface area is 170 Å². The molecule has 1 aliphatic heterocycles. The number of hydrogen-bond acceptors (Lipinski definition) is 9. The molecule has 1 N–H and O–H groups in total. The summed E-state index contributed by atoms with van der Waals surface area (Å²) in [4.78, 5) is 46.3. The lowest BCUT2D eigenvalue weighted by atomic mass is 9.96. The van der Waals surface area contributed by atoms with Gasteiger partial charge >= 0.3 is 17.9 Å². The van der Waals surface area contributed by atoms with Crippen LogP contribution in [0.25, 0.3) is 0 Å². The van der Waals surface area contributed by atoms with E-state index in [1.54, 1.807) is 0 Å². The van der Waals surface area contributed by atoms with Crippen molar-refractivity contribution in [3.8, 4) is 0 Å². The predicted octanol–water partition coefficient (Wildman–Crippen LogP) is 0.849. The van der Waals surface area contributed by atoms with E-state index in [1.807, 2.05) is 6.92 Å². The van der Waals surface area contributed by atoms with Gasteiger partial charge in [-0.05, 0) is 6.42 Å². The first-order valence-electron chi connectivity index (χ1n) is 9.67. The van der Waals surface area contributed by atoms with Crippen LogP contribution in [0.1, 0.15) is 53.9 Å². The zero-order valence-electron chi connectivity index (χ0n) is 17.6. The van der Waals surface area contributed by atoms with Gasteiger partial charge in [0.1, 0.15) is 18.8 Å². The first-order chi connectivity index (χ1) is 13.6. The molecule has 10 nitrogen and oxygen atoms in total. The fraction of sp³-hybridized carbons (Fsp3) is 0.789. The zero-order valence-corrected chi connectivity index (χ0v) is 17.6. The van der Waals surface area contributed by atoms with Crippen LogP contribution in [0.3, 0.4) is 0 Å². The number of esters is 3. The summed E-state index contributed by atoms with van der Waals surface area (Å²) in [5.74, 6) is -2.24. The van der Waals surface area contributed by atoms with Gasteiger partial charge in [0.15, 0.2) is 18.5 Å². The van der Waals surface area contributed by atoms with E-state index in [9.17, 15) is 19.2 Å². The first kappa shape index (κ1) is 24.8. The summed E-state index contributed by atoms with van der Waals surface area (Å²) in [7, 11) is 0. The summed E-state index contributed by atoms with van der Waals surface area (Å²) < 4.78 is 27.4. The van der Waals surface area contributed by atoms with Crippen molar-refractivity contribution in [2.75, 3.05) is 13.2 Å². The molecule has 1 fully saturated rings. The third-order valence-electron chi connectivity index (χ3n) is 4.10. The monoisotopic (exact) mass is 417 g/mol. The van der Waals surface area contributed by atoms with Crippen LogP contribution in [-0.2, 0) is 42.9 Å². The highest BCUT2D eigenvalue weighted by molar-refractivity contribution is 5.73. The van der Waals surface area contributed by atoms with Crippen LogP contribution in [-0.4, -0.2) is 67.7 Å². The Bertz CT molecular complexity index is 580. The molecule has 0 unspecified atom stereocenters. The Hall–Kier alpha value is -2.20. The minimum atomic E-state index is -1.11. The van der Waals surface area contributed by atoms with Gasteiger partial charge in [0.2, 0.25) is 5.91 Å². The lowest BCUT2D eigenvalue weighted by molar-refractivity contribution is -0.277. The van der Waals surface area contributed by atoms with Gasteiger partial charge in [-0.3, -0.25) is 19.2 Å². The molecule has 0 aliphatic carbocycles. The van der Waals surface area contributed by atoms with E-state index in [-0.39, 0.29) is 6.61 Å². The van der Waals surface area contributed by atoms with Crippen molar-refractivity contribution in [1.82, 2.24) is 5.32 Å². The van der Waals surface area contributed by atoms with Gasteiger partial charge in [0.25, 0.3) is 0 Å². The van der Waals surface area contributed by atoms with E-state index < -0.39 is 54.5 Å². The molecule has 1 saturated heterocycles. The highest BCUT2D eigenvalue weighted by atomic mass is 16.7. The number of carbonyl (C=O) groups excluding carboxylic acids is 4. The standard InChI is InChI=1S/C19H31NO9/c1-6-7-8-9-25-19-16(20-11(2)21)18(28-14(5)24)17(27-13(4)23)15(29-19)10-26-12(3)22/h15-19H,6-10H2,1-5H3,(H,20,21)/t15-,16+,17+,18-,19+/m0/s1. The number of nitrogens with one attached hydrogen (secondary N) is 1. The van der Waals surface area contributed by atoms with Gasteiger partial charge in [0.05, 0.1) is 0 Å². The van der Waals surface area contributed by atoms with Crippen LogP contribution in [0.15, 0.2) is 0 Å². The Morgan fingerprint density at radius 2 is 1.52 bits per heavy atom. The average molecular weight is 417 g/mol. The first-order valence-corrected chi connectivity index (χ1v) is 9.67. The van der Waals surface area contributed by atoms with Gasteiger partial charge in [-0.25, -0.2) is 0 Å². The van der Waals surface area contributed by atoms with E-state index in [0.717, 1.165) is 19.3 Å². The topological polar surface area (TPSA) is 126 Å². The molecule has 0 saturated carbocycles. The van der Waals surface area contributed by atoms with Crippen molar-refractivity contribution in [2.24, 2.45) is 0 Å². The SMILES string of the molecule is CCCCCO[C@@H]1O[C@@H](COC(C)=O)[C@@H](OC(C)=O)[C@@H](OC(C)=O)[C@H]1NC(C)=O. The van der Waals surface area contributed by atoms with Crippen molar-refractivity contribution >= 4 is 23.8 Å². The summed E-state index contributed by atoms with van der Waals surface area (Å²) in [6.45, 7) is 7.06. The predicted molar refractivity (Wildman–Crippen MR) is 99.5 cm³/mol. The minimum Gasteiger partial charge on any atom is -0.463 e. The van der Waals surface area contributed by atoms with Crippen molar-refractivity contribution in [1.29, 1.82) is 0 Å². The Morgan fingerprint density at radius 1 is 0.897 bits per heavy atom. The van der Waals surface area contributed by atoms with Crippen LogP contribution in [0, 0.1) is 0 Å². The Balaban J connectivity index is 3.17. The van der Waals surface area contributed by atoms with Crippen molar-refractivity contribution < 1.29 is 42.9 Å². The van der Waals surface area contributed by atoms with Crippen molar-refractivity contribution in [3.63, 3.8) is 0 Å². The summed E-state index contributed by atoms with van der Waals surface area (Å²) in [6.07, 6.45) is -1.44. The highest BCUT2D eigenvalue weighted by Crippen LogP contribution is 2.28. The molecule has 29 heavy (non-hydrogen) atoms. The van der Waals surface area contributed by atoms with Crippen molar-refractivity contribution in [2.45, 2.75) is 84.5 Å². The second kappa shape index (κ2) is 12.4. The van der Waals surface area contributed by atoms with E-state index >= 15 is 0 Å². The molecule has 0 aromatic rings. The second-order valence-corrected chi connectivity index (χ2v) is 6.80. The van der Waals surface area contributed by atoms with Crippen LogP contribution in [0.2, 0.25) is 0 Å². The maximum atomic E-state index is 11.8. The fourth-order valence-electron chi connectivity index (χ4n) is 2.98. The third-order valence-corrected chi connectivity index (χ3v) is 4.10. The molecule has 0 radical (unpaired) electrons. The number of amides is 1. The second-order valence-electron chi connectivity index (χ2n) is 6.80. The zero-order chi connectivity index (χ0) is 22.0. The average Bonchev–Trinajstić information content (AvgIpc) is 2.60. The molecule has 10 heteroatoms. The molecular formula is C19H31NO9. The molecule has 0 aromatic carbocycles. The smallest absolute Gasteiger partial charge is 0.303 e. The Kier molecular flexibility index (Phi) is 10.6. The number of unbranched alkanes of at least 4 members (excludes halogenated alkanes) is 2. The van der Waals surface area contributed by atoms with Crippen molar-refractivity contribution in [3.05, 3.63) is 0 Å². The van der Waals surface area contributed by atoms with Gasteiger partial charge in [-0.2, -0.15) is 0 Å². The summed E-state index contributed by atoms with van der Waals surface area (Å²) in [5.41, 5.74) is 0. The molecule has 1 rings (SSSR count). The number of hydrogen-bond donors (Lipinski definition) is 1. The molecule has 1 heterocycles. The highest BCUT2D eigenvalue weighted by Gasteiger charge is 2.51. The molecule has 1 amide bonds. The minimum absolute atomic E-state index is 0.243. The number of ether oxygens (including phenoxy) is 5. The number of rotatable bonds is 10. The summed E-state index contributed by atoms with van der Waals surface area (Å²) >= 11 is 0. The van der Waals surface area contributed by atoms with E-state index in [1.165, 1.54) is 27.7 Å². The molecule has 0 aromatic heterocycles. The van der Waals surface area contributed by atoms with E-state index in [4.69, 9.17) is 23.7 Å². The normalized spacial score (nSPS) is 26.3. The van der Waals surface area contributed by atoms with E-state index in [2.05, 4.69) is 5.32 Å². The fourth-order valence-corrected chi connectivity index (χ4v) is 2.98. The van der Waals surface area contributed by atoms with Crippen LogP contribution >= 0.6 is 0 Å². The summed E-state index contributed by atoms with van der Waals surface area (Å²) in [5, 5.41) is 2.65. The largest absolute Gasteiger partial charge is 0.463 e. The maximum Gasteiger partial charge on any atom is 0.303 e. The van der Waals surface area contributed by atoms with Gasteiger partial charge in [-0.15, -0.1) is 0 Å².